The number of aromatic amines is 1. The van der Waals surface area contributed by atoms with Gasteiger partial charge in [0.25, 0.3) is 0 Å². The molecule has 0 bridgehead atoms. The molecule has 0 aromatic carbocycles. The van der Waals surface area contributed by atoms with Gasteiger partial charge in [0.1, 0.15) is 6.29 Å². The summed E-state index contributed by atoms with van der Waals surface area (Å²) in [5.74, 6) is 0. The van der Waals surface area contributed by atoms with Gasteiger partial charge >= 0.3 is 0 Å². The van der Waals surface area contributed by atoms with Crippen LogP contribution in [0.2, 0.25) is 0 Å². The summed E-state index contributed by atoms with van der Waals surface area (Å²) in [6, 6.07) is 0. The number of allylic oxidation sites excluding steroid dienone is 1. The van der Waals surface area contributed by atoms with Crippen molar-refractivity contribution in [3.8, 4) is 0 Å². The zero-order chi connectivity index (χ0) is 7.40. The summed E-state index contributed by atoms with van der Waals surface area (Å²) in [4.78, 5) is 9.89. The van der Waals surface area contributed by atoms with E-state index in [1.54, 1.807) is 12.3 Å². The highest BCUT2D eigenvalue weighted by molar-refractivity contribution is 5.74. The first-order valence-corrected chi connectivity index (χ1v) is 2.97. The number of hydrogen-bond acceptors (Lipinski definition) is 2. The Morgan fingerprint density at radius 2 is 2.50 bits per heavy atom. The van der Waals surface area contributed by atoms with E-state index in [9.17, 15) is 4.79 Å². The topological polar surface area (TPSA) is 45.8 Å². The fourth-order valence-corrected chi connectivity index (χ4v) is 0.679. The van der Waals surface area contributed by atoms with E-state index in [0.717, 1.165) is 17.5 Å². The monoisotopic (exact) mass is 136 g/mol. The van der Waals surface area contributed by atoms with Gasteiger partial charge in [-0.1, -0.05) is 0 Å². The van der Waals surface area contributed by atoms with Crippen LogP contribution in [0.1, 0.15) is 11.3 Å². The largest absolute Gasteiger partial charge is 0.299 e. The van der Waals surface area contributed by atoms with Crippen molar-refractivity contribution in [3.63, 3.8) is 0 Å². The minimum absolute atomic E-state index is 0.742. The highest BCUT2D eigenvalue weighted by Crippen LogP contribution is 2.03. The Bertz CT molecular complexity index is 250. The number of nitrogens with one attached hydrogen (secondary N) is 1. The molecule has 1 N–H and O–H groups in total. The lowest BCUT2D eigenvalue weighted by molar-refractivity contribution is -0.104. The Morgan fingerprint density at radius 1 is 1.70 bits per heavy atom. The summed E-state index contributed by atoms with van der Waals surface area (Å²) in [6.45, 7) is 1.88. The van der Waals surface area contributed by atoms with Crippen molar-refractivity contribution < 1.29 is 4.79 Å². The molecular weight excluding hydrogens is 128 g/mol. The molecule has 3 nitrogen and oxygen atoms in total. The van der Waals surface area contributed by atoms with E-state index >= 15 is 0 Å². The predicted molar refractivity (Wildman–Crippen MR) is 38.4 cm³/mol. The van der Waals surface area contributed by atoms with E-state index in [1.807, 2.05) is 6.92 Å². The van der Waals surface area contributed by atoms with Crippen LogP contribution in [0.25, 0.3) is 6.08 Å². The zero-order valence-electron chi connectivity index (χ0n) is 5.66. The van der Waals surface area contributed by atoms with Crippen molar-refractivity contribution in [2.75, 3.05) is 0 Å². The molecule has 1 heterocycles. The van der Waals surface area contributed by atoms with Crippen LogP contribution in [-0.4, -0.2) is 16.5 Å². The Kier molecular flexibility index (Phi) is 1.99. The molecule has 1 aromatic heterocycles. The summed E-state index contributed by atoms with van der Waals surface area (Å²) in [7, 11) is 0. The second-order valence-corrected chi connectivity index (χ2v) is 1.92. The summed E-state index contributed by atoms with van der Waals surface area (Å²) < 4.78 is 0. The summed E-state index contributed by atoms with van der Waals surface area (Å²) in [6.07, 6.45) is 5.64. The lowest BCUT2D eigenvalue weighted by Crippen LogP contribution is -1.73. The van der Waals surface area contributed by atoms with E-state index in [0.29, 0.717) is 0 Å². The van der Waals surface area contributed by atoms with E-state index < -0.39 is 0 Å². The number of aromatic nitrogens is 2. The summed E-state index contributed by atoms with van der Waals surface area (Å²) in [5.41, 5.74) is 1.85. The van der Waals surface area contributed by atoms with Gasteiger partial charge in [0.05, 0.1) is 5.69 Å². The Morgan fingerprint density at radius 3 is 3.00 bits per heavy atom. The second kappa shape index (κ2) is 2.96. The van der Waals surface area contributed by atoms with Crippen LogP contribution < -0.4 is 0 Å². The van der Waals surface area contributed by atoms with Gasteiger partial charge in [-0.25, -0.2) is 0 Å². The highest BCUT2D eigenvalue weighted by Gasteiger charge is 1.92. The third kappa shape index (κ3) is 1.31. The van der Waals surface area contributed by atoms with E-state index in [-0.39, 0.29) is 0 Å². The van der Waals surface area contributed by atoms with Crippen LogP contribution >= 0.6 is 0 Å². The average Bonchev–Trinajstić information content (AvgIpc) is 2.31. The van der Waals surface area contributed by atoms with E-state index in [4.69, 9.17) is 0 Å². The molecule has 1 rings (SSSR count). The quantitative estimate of drug-likeness (QED) is 0.485. The first kappa shape index (κ1) is 6.74. The van der Waals surface area contributed by atoms with Gasteiger partial charge in [-0.3, -0.25) is 9.89 Å². The minimum atomic E-state index is 0.742. The summed E-state index contributed by atoms with van der Waals surface area (Å²) >= 11 is 0. The maximum Gasteiger partial charge on any atom is 0.142 e. The molecular formula is C7H8N2O. The molecule has 0 aliphatic rings. The average molecular weight is 136 g/mol. The van der Waals surface area contributed by atoms with Crippen LogP contribution in [0.3, 0.4) is 0 Å². The number of carbonyl (C=O) groups is 1. The fourth-order valence-electron chi connectivity index (χ4n) is 0.679. The van der Waals surface area contributed by atoms with Crippen molar-refractivity contribution in [1.29, 1.82) is 0 Å². The zero-order valence-corrected chi connectivity index (χ0v) is 5.66. The number of H-pyrrole nitrogens is 1. The van der Waals surface area contributed by atoms with Gasteiger partial charge in [0.2, 0.25) is 0 Å². The third-order valence-electron chi connectivity index (χ3n) is 1.22. The first-order chi connectivity index (χ1) is 4.84. The molecule has 0 spiro atoms. The molecule has 0 saturated carbocycles. The molecule has 0 unspecified atom stereocenters. The molecule has 0 amide bonds. The molecule has 0 aliphatic heterocycles. The van der Waals surface area contributed by atoms with Gasteiger partial charge in [-0.15, -0.1) is 0 Å². The maximum absolute atomic E-state index is 9.89. The Labute approximate surface area is 58.8 Å². The molecule has 0 aliphatic carbocycles. The molecule has 52 valence electrons. The lowest BCUT2D eigenvalue weighted by atomic mass is 10.2. The van der Waals surface area contributed by atoms with E-state index in [1.165, 1.54) is 6.08 Å². The molecule has 0 atom stereocenters. The van der Waals surface area contributed by atoms with Crippen LogP contribution in [0.4, 0.5) is 0 Å². The van der Waals surface area contributed by atoms with E-state index in [2.05, 4.69) is 10.2 Å². The SMILES string of the molecule is Cc1n[nH]cc1/C=C/C=O. The smallest absolute Gasteiger partial charge is 0.142 e. The molecule has 0 fully saturated rings. The summed E-state index contributed by atoms with van der Waals surface area (Å²) in [5, 5.41) is 6.57. The molecule has 0 radical (unpaired) electrons. The fraction of sp³-hybridized carbons (Fsp3) is 0.143. The predicted octanol–water partition coefficient (Wildman–Crippen LogP) is 0.930. The third-order valence-corrected chi connectivity index (χ3v) is 1.22. The van der Waals surface area contributed by atoms with Crippen LogP contribution in [0, 0.1) is 6.92 Å². The van der Waals surface area contributed by atoms with Crippen LogP contribution in [-0.2, 0) is 4.79 Å². The molecule has 10 heavy (non-hydrogen) atoms. The molecule has 1 aromatic rings. The number of aldehydes is 1. The van der Waals surface area contributed by atoms with Crippen LogP contribution in [0.5, 0.6) is 0 Å². The molecule has 0 saturated heterocycles. The van der Waals surface area contributed by atoms with Crippen LogP contribution in [0.15, 0.2) is 12.3 Å². The Balaban J connectivity index is 2.83. The van der Waals surface area contributed by atoms with Crippen molar-refractivity contribution in [2.45, 2.75) is 6.92 Å². The standard InChI is InChI=1S/C7H8N2O/c1-6-7(3-2-4-10)5-8-9-6/h2-5H,1H3,(H,8,9)/b3-2+. The first-order valence-electron chi connectivity index (χ1n) is 2.97. The van der Waals surface area contributed by atoms with Gasteiger partial charge in [0, 0.05) is 11.8 Å². The maximum atomic E-state index is 9.89. The van der Waals surface area contributed by atoms with Crippen molar-refractivity contribution in [3.05, 3.63) is 23.5 Å². The number of aryl methyl sites for hydroxylation is 1. The minimum Gasteiger partial charge on any atom is -0.299 e. The number of hydrogen-bond donors (Lipinski definition) is 1. The van der Waals surface area contributed by atoms with Gasteiger partial charge in [0.15, 0.2) is 0 Å². The second-order valence-electron chi connectivity index (χ2n) is 1.92. The highest BCUT2D eigenvalue weighted by atomic mass is 16.1. The van der Waals surface area contributed by atoms with Crippen molar-refractivity contribution in [1.82, 2.24) is 10.2 Å². The molecule has 3 heteroatoms. The van der Waals surface area contributed by atoms with Gasteiger partial charge in [-0.05, 0) is 19.1 Å². The lowest BCUT2D eigenvalue weighted by Gasteiger charge is -1.82. The Hall–Kier alpha value is -1.38. The normalized spacial score (nSPS) is 10.5. The van der Waals surface area contributed by atoms with Gasteiger partial charge < -0.3 is 0 Å². The number of carbonyl (C=O) groups excluding carboxylic acids is 1. The number of nitrogens with zero attached hydrogens (tertiary/aromatic N) is 1. The van der Waals surface area contributed by atoms with Crippen molar-refractivity contribution in [2.24, 2.45) is 0 Å². The van der Waals surface area contributed by atoms with Gasteiger partial charge in [-0.2, -0.15) is 5.10 Å². The number of rotatable bonds is 2. The van der Waals surface area contributed by atoms with Crippen molar-refractivity contribution >= 4 is 12.4 Å².